The molecule has 4 aromatic rings. The Bertz CT molecular complexity index is 1160. The molecule has 2 aliphatic heterocycles. The number of anilines is 1. The average molecular weight is 419 g/mol. The molecule has 0 spiro atoms. The lowest BCUT2D eigenvalue weighted by Crippen LogP contribution is -2.47. The summed E-state index contributed by atoms with van der Waals surface area (Å²) in [5.41, 5.74) is 6.68. The van der Waals surface area contributed by atoms with Crippen LogP contribution >= 0.6 is 11.3 Å². The molecule has 2 N–H and O–H groups in total. The van der Waals surface area contributed by atoms with Gasteiger partial charge in [-0.15, -0.1) is 21.5 Å². The van der Waals surface area contributed by atoms with Gasteiger partial charge in [0.05, 0.1) is 28.1 Å². The average Bonchev–Trinajstić information content (AvgIpc) is 3.54. The van der Waals surface area contributed by atoms with Gasteiger partial charge >= 0.3 is 0 Å². The third kappa shape index (κ3) is 2.96. The summed E-state index contributed by atoms with van der Waals surface area (Å²) < 4.78 is 1.08. The smallest absolute Gasteiger partial charge is 0.245 e. The van der Waals surface area contributed by atoms with E-state index in [4.69, 9.17) is 0 Å². The minimum absolute atomic E-state index is 0.471. The van der Waals surface area contributed by atoms with Gasteiger partial charge in [-0.3, -0.25) is 5.10 Å². The number of aromatic nitrogens is 6. The second-order valence-electron chi connectivity index (χ2n) is 8.20. The van der Waals surface area contributed by atoms with Crippen LogP contribution in [0.25, 0.3) is 32.6 Å². The van der Waals surface area contributed by atoms with Crippen LogP contribution in [0.1, 0.15) is 25.7 Å². The van der Waals surface area contributed by atoms with Gasteiger partial charge in [-0.05, 0) is 25.7 Å². The molecule has 2 bridgehead atoms. The van der Waals surface area contributed by atoms with Gasteiger partial charge in [-0.25, -0.2) is 9.97 Å². The maximum Gasteiger partial charge on any atom is 0.245 e. The zero-order valence-corrected chi connectivity index (χ0v) is 17.4. The third-order valence-corrected chi connectivity index (χ3v) is 7.29. The van der Waals surface area contributed by atoms with Crippen LogP contribution in [-0.2, 0) is 0 Å². The molecule has 0 saturated carbocycles. The first-order valence-corrected chi connectivity index (χ1v) is 11.2. The zero-order valence-electron chi connectivity index (χ0n) is 16.6. The van der Waals surface area contributed by atoms with E-state index in [1.807, 2.05) is 24.1 Å². The highest BCUT2D eigenvalue weighted by Gasteiger charge is 2.35. The number of benzene rings is 1. The van der Waals surface area contributed by atoms with Crippen molar-refractivity contribution in [2.75, 3.05) is 11.9 Å². The number of fused-ring (bicyclic) bond motifs is 3. The molecule has 9 heteroatoms. The van der Waals surface area contributed by atoms with Crippen LogP contribution in [0.15, 0.2) is 36.2 Å². The van der Waals surface area contributed by atoms with Crippen LogP contribution in [-0.4, -0.2) is 55.5 Å². The molecule has 8 nitrogen and oxygen atoms in total. The Morgan fingerprint density at radius 3 is 2.60 bits per heavy atom. The number of piperidine rings is 1. The molecular formula is C21H22N8S. The minimum atomic E-state index is 0.471. The van der Waals surface area contributed by atoms with Crippen molar-refractivity contribution in [2.24, 2.45) is 0 Å². The van der Waals surface area contributed by atoms with Crippen molar-refractivity contribution in [3.63, 3.8) is 0 Å². The van der Waals surface area contributed by atoms with Crippen molar-refractivity contribution in [1.29, 1.82) is 0 Å². The molecule has 0 aliphatic carbocycles. The summed E-state index contributed by atoms with van der Waals surface area (Å²) in [6.07, 6.45) is 10.4. The first kappa shape index (κ1) is 17.9. The fourth-order valence-electron chi connectivity index (χ4n) is 4.84. The lowest BCUT2D eigenvalue weighted by atomic mass is 9.99. The van der Waals surface area contributed by atoms with Gasteiger partial charge in [-0.1, -0.05) is 12.1 Å². The quantitative estimate of drug-likeness (QED) is 0.525. The fourth-order valence-corrected chi connectivity index (χ4v) is 5.68. The fraction of sp³-hybridized carbons (Fsp3) is 0.381. The predicted molar refractivity (Wildman–Crippen MR) is 117 cm³/mol. The van der Waals surface area contributed by atoms with Gasteiger partial charge in [0.15, 0.2) is 0 Å². The number of hydrogen-bond acceptors (Lipinski definition) is 8. The summed E-state index contributed by atoms with van der Waals surface area (Å²) >= 11 is 1.61. The van der Waals surface area contributed by atoms with Gasteiger partial charge < -0.3 is 10.2 Å². The Morgan fingerprint density at radius 2 is 1.87 bits per heavy atom. The van der Waals surface area contributed by atoms with E-state index in [0.29, 0.717) is 24.1 Å². The highest BCUT2D eigenvalue weighted by atomic mass is 32.1. The highest BCUT2D eigenvalue weighted by molar-refractivity contribution is 7.17. The lowest BCUT2D eigenvalue weighted by Gasteiger charge is -2.35. The third-order valence-electron chi connectivity index (χ3n) is 6.43. The van der Waals surface area contributed by atoms with Gasteiger partial charge in [0.2, 0.25) is 5.95 Å². The van der Waals surface area contributed by atoms with Gasteiger partial charge in [0.25, 0.3) is 0 Å². The molecule has 2 fully saturated rings. The molecule has 2 saturated heterocycles. The van der Waals surface area contributed by atoms with Crippen molar-refractivity contribution in [1.82, 2.24) is 35.7 Å². The standard InChI is InChI=1S/C21H22N8S/c1-29(15-6-13-2-3-14(7-15)26-13)21-22-10-18(27-28-21)17-5-4-16(12-8-24-25-9-12)19-20(17)30-11-23-19/h4-5,8-11,13-15,26H,2-3,6-7H2,1H3,(H,24,25)/t13-,14+,15?. The minimum Gasteiger partial charge on any atom is -0.339 e. The van der Waals surface area contributed by atoms with E-state index in [2.05, 4.69) is 59.8 Å². The normalized spacial score (nSPS) is 23.2. The Kier molecular flexibility index (Phi) is 4.24. The van der Waals surface area contributed by atoms with Gasteiger partial charge in [0, 0.05) is 48.1 Å². The topological polar surface area (TPSA) is 95.5 Å². The van der Waals surface area contributed by atoms with E-state index in [-0.39, 0.29) is 0 Å². The molecule has 3 aromatic heterocycles. The summed E-state index contributed by atoms with van der Waals surface area (Å²) in [5.74, 6) is 0.695. The van der Waals surface area contributed by atoms with E-state index < -0.39 is 0 Å². The molecule has 6 rings (SSSR count). The molecule has 1 unspecified atom stereocenters. The monoisotopic (exact) mass is 418 g/mol. The summed E-state index contributed by atoms with van der Waals surface area (Å²) in [7, 11) is 2.09. The van der Waals surface area contributed by atoms with E-state index in [1.54, 1.807) is 11.3 Å². The summed E-state index contributed by atoms with van der Waals surface area (Å²) in [4.78, 5) is 11.4. The van der Waals surface area contributed by atoms with E-state index in [1.165, 1.54) is 12.8 Å². The Balaban J connectivity index is 1.30. The number of nitrogens with one attached hydrogen (secondary N) is 2. The number of rotatable bonds is 4. The second kappa shape index (κ2) is 7.10. The van der Waals surface area contributed by atoms with Crippen molar-refractivity contribution < 1.29 is 0 Å². The Morgan fingerprint density at radius 1 is 1.03 bits per heavy atom. The van der Waals surface area contributed by atoms with Crippen molar-refractivity contribution in [2.45, 2.75) is 43.8 Å². The number of H-pyrrole nitrogens is 1. The van der Waals surface area contributed by atoms with Crippen molar-refractivity contribution >= 4 is 27.5 Å². The molecule has 3 atom stereocenters. The van der Waals surface area contributed by atoms with Gasteiger partial charge in [0.1, 0.15) is 5.69 Å². The Labute approximate surface area is 177 Å². The van der Waals surface area contributed by atoms with Gasteiger partial charge in [-0.2, -0.15) is 5.10 Å². The molecule has 5 heterocycles. The Hall–Kier alpha value is -2.91. The second-order valence-corrected chi connectivity index (χ2v) is 9.05. The molecule has 0 radical (unpaired) electrons. The number of aromatic amines is 1. The SMILES string of the molecule is CN(c1ncc(-c2ccc(-c3cn[nH]c3)c3ncsc23)nn1)C1C[C@H]2CC[C@@H](C1)N2. The molecule has 0 amide bonds. The maximum absolute atomic E-state index is 4.67. The van der Waals surface area contributed by atoms with Crippen LogP contribution in [0.3, 0.4) is 0 Å². The molecule has 2 aliphatic rings. The predicted octanol–water partition coefficient (Wildman–Crippen LogP) is 3.26. The number of hydrogen-bond donors (Lipinski definition) is 2. The zero-order chi connectivity index (χ0) is 20.1. The number of thiazole rings is 1. The molecule has 30 heavy (non-hydrogen) atoms. The molecule has 152 valence electrons. The molecular weight excluding hydrogens is 396 g/mol. The molecule has 1 aromatic carbocycles. The van der Waals surface area contributed by atoms with Crippen LogP contribution in [0, 0.1) is 0 Å². The number of nitrogens with zero attached hydrogens (tertiary/aromatic N) is 6. The summed E-state index contributed by atoms with van der Waals surface area (Å²) in [6, 6.07) is 5.88. The first-order valence-electron chi connectivity index (χ1n) is 10.3. The summed E-state index contributed by atoms with van der Waals surface area (Å²) in [6.45, 7) is 0. The largest absolute Gasteiger partial charge is 0.339 e. The van der Waals surface area contributed by atoms with Crippen molar-refractivity contribution in [3.05, 3.63) is 36.2 Å². The van der Waals surface area contributed by atoms with Crippen LogP contribution in [0.2, 0.25) is 0 Å². The van der Waals surface area contributed by atoms with Crippen LogP contribution < -0.4 is 10.2 Å². The maximum atomic E-state index is 4.67. The highest BCUT2D eigenvalue weighted by Crippen LogP contribution is 2.36. The van der Waals surface area contributed by atoms with E-state index in [9.17, 15) is 0 Å². The van der Waals surface area contributed by atoms with E-state index >= 15 is 0 Å². The van der Waals surface area contributed by atoms with E-state index in [0.717, 1.165) is 45.4 Å². The van der Waals surface area contributed by atoms with Crippen LogP contribution in [0.4, 0.5) is 5.95 Å². The lowest BCUT2D eigenvalue weighted by molar-refractivity contribution is 0.352. The van der Waals surface area contributed by atoms with Crippen molar-refractivity contribution in [3.8, 4) is 22.4 Å². The summed E-state index contributed by atoms with van der Waals surface area (Å²) in [5, 5.41) is 19.6. The first-order chi connectivity index (χ1) is 14.8. The van der Waals surface area contributed by atoms with Crippen LogP contribution in [0.5, 0.6) is 0 Å².